The van der Waals surface area contributed by atoms with Crippen LogP contribution in [0.3, 0.4) is 0 Å². The lowest BCUT2D eigenvalue weighted by atomic mass is 10.0. The molecule has 1 aromatic rings. The van der Waals surface area contributed by atoms with Crippen molar-refractivity contribution in [3.05, 3.63) is 35.9 Å². The SMILES string of the molecule is CSCCC1NC(=O)C(CCc2ccccc2)NC1=O. The highest BCUT2D eigenvalue weighted by Gasteiger charge is 2.32. The van der Waals surface area contributed by atoms with Crippen molar-refractivity contribution >= 4 is 23.6 Å². The Bertz CT molecular complexity index is 464. The Morgan fingerprint density at radius 1 is 1.00 bits per heavy atom. The average Bonchev–Trinajstić information content (AvgIpc) is 2.47. The number of piperazine rings is 1. The third-order valence-corrected chi connectivity index (χ3v) is 4.09. The van der Waals surface area contributed by atoms with Gasteiger partial charge in [-0.05, 0) is 36.8 Å². The Balaban J connectivity index is 1.85. The van der Waals surface area contributed by atoms with Crippen LogP contribution in [0.25, 0.3) is 0 Å². The smallest absolute Gasteiger partial charge is 0.243 e. The zero-order valence-corrected chi connectivity index (χ0v) is 12.4. The normalized spacial score (nSPS) is 22.2. The van der Waals surface area contributed by atoms with E-state index in [0.717, 1.165) is 12.2 Å². The van der Waals surface area contributed by atoms with Crippen LogP contribution in [-0.4, -0.2) is 35.9 Å². The molecular formula is C15H20N2O2S. The summed E-state index contributed by atoms with van der Waals surface area (Å²) in [6.07, 6.45) is 4.10. The molecule has 0 aliphatic carbocycles. The maximum atomic E-state index is 12.0. The van der Waals surface area contributed by atoms with Gasteiger partial charge in [-0.1, -0.05) is 30.3 Å². The van der Waals surface area contributed by atoms with Gasteiger partial charge in [-0.25, -0.2) is 0 Å². The predicted molar refractivity (Wildman–Crippen MR) is 81.6 cm³/mol. The number of carbonyl (C=O) groups excluding carboxylic acids is 2. The number of thioether (sulfide) groups is 1. The monoisotopic (exact) mass is 292 g/mol. The number of hydrogen-bond donors (Lipinski definition) is 2. The second-order valence-electron chi connectivity index (χ2n) is 4.93. The highest BCUT2D eigenvalue weighted by molar-refractivity contribution is 7.98. The summed E-state index contributed by atoms with van der Waals surface area (Å²) in [4.78, 5) is 23.9. The largest absolute Gasteiger partial charge is 0.343 e. The quantitative estimate of drug-likeness (QED) is 0.832. The molecule has 2 amide bonds. The number of rotatable bonds is 6. The van der Waals surface area contributed by atoms with Crippen molar-refractivity contribution in [1.29, 1.82) is 0 Å². The number of amides is 2. The molecular weight excluding hydrogens is 272 g/mol. The number of carbonyl (C=O) groups is 2. The Labute approximate surface area is 123 Å². The fraction of sp³-hybridized carbons (Fsp3) is 0.467. The molecule has 1 heterocycles. The summed E-state index contributed by atoms with van der Waals surface area (Å²) < 4.78 is 0. The second-order valence-corrected chi connectivity index (χ2v) is 5.91. The summed E-state index contributed by atoms with van der Waals surface area (Å²) >= 11 is 1.68. The highest BCUT2D eigenvalue weighted by Crippen LogP contribution is 2.10. The Kier molecular flexibility index (Phi) is 5.47. The second kappa shape index (κ2) is 7.33. The van der Waals surface area contributed by atoms with Crippen molar-refractivity contribution in [3.8, 4) is 0 Å². The molecule has 0 spiro atoms. The van der Waals surface area contributed by atoms with Crippen LogP contribution in [0.15, 0.2) is 30.3 Å². The molecule has 1 saturated heterocycles. The van der Waals surface area contributed by atoms with Crippen LogP contribution in [0, 0.1) is 0 Å². The lowest BCUT2D eigenvalue weighted by Crippen LogP contribution is -2.61. The van der Waals surface area contributed by atoms with Crippen LogP contribution < -0.4 is 10.6 Å². The zero-order chi connectivity index (χ0) is 14.4. The van der Waals surface area contributed by atoms with E-state index >= 15 is 0 Å². The van der Waals surface area contributed by atoms with Gasteiger partial charge in [-0.2, -0.15) is 11.8 Å². The molecule has 2 rings (SSSR count). The Hall–Kier alpha value is -1.49. The van der Waals surface area contributed by atoms with E-state index in [2.05, 4.69) is 10.6 Å². The van der Waals surface area contributed by atoms with Crippen LogP contribution in [0.2, 0.25) is 0 Å². The lowest BCUT2D eigenvalue weighted by Gasteiger charge is -2.29. The van der Waals surface area contributed by atoms with Gasteiger partial charge in [-0.3, -0.25) is 9.59 Å². The molecule has 2 unspecified atom stereocenters. The van der Waals surface area contributed by atoms with Gasteiger partial charge in [-0.15, -0.1) is 0 Å². The molecule has 0 bridgehead atoms. The summed E-state index contributed by atoms with van der Waals surface area (Å²) in [5.74, 6) is 0.746. The fourth-order valence-electron chi connectivity index (χ4n) is 2.27. The first-order valence-corrected chi connectivity index (χ1v) is 8.23. The molecule has 1 aromatic carbocycles. The molecule has 0 saturated carbocycles. The molecule has 0 aromatic heterocycles. The zero-order valence-electron chi connectivity index (χ0n) is 11.6. The topological polar surface area (TPSA) is 58.2 Å². The van der Waals surface area contributed by atoms with E-state index in [4.69, 9.17) is 0 Å². The molecule has 2 N–H and O–H groups in total. The molecule has 108 valence electrons. The van der Waals surface area contributed by atoms with E-state index in [1.54, 1.807) is 11.8 Å². The molecule has 1 fully saturated rings. The van der Waals surface area contributed by atoms with Gasteiger partial charge >= 0.3 is 0 Å². The van der Waals surface area contributed by atoms with Crippen LogP contribution in [0.4, 0.5) is 0 Å². The maximum Gasteiger partial charge on any atom is 0.243 e. The maximum absolute atomic E-state index is 12.0. The van der Waals surface area contributed by atoms with Crippen molar-refractivity contribution in [2.24, 2.45) is 0 Å². The summed E-state index contributed by atoms with van der Waals surface area (Å²) in [7, 11) is 0. The fourth-order valence-corrected chi connectivity index (χ4v) is 2.75. The molecule has 2 atom stereocenters. The first-order chi connectivity index (χ1) is 9.70. The van der Waals surface area contributed by atoms with Gasteiger partial charge in [0.2, 0.25) is 11.8 Å². The third kappa shape index (κ3) is 4.00. The van der Waals surface area contributed by atoms with Crippen molar-refractivity contribution < 1.29 is 9.59 Å². The van der Waals surface area contributed by atoms with Gasteiger partial charge in [0.05, 0.1) is 0 Å². The van der Waals surface area contributed by atoms with Crippen molar-refractivity contribution in [2.45, 2.75) is 31.3 Å². The van der Waals surface area contributed by atoms with E-state index in [1.807, 2.05) is 36.6 Å². The van der Waals surface area contributed by atoms with Gasteiger partial charge in [0.15, 0.2) is 0 Å². The average molecular weight is 292 g/mol. The predicted octanol–water partition coefficient (Wildman–Crippen LogP) is 1.36. The molecule has 5 heteroatoms. The number of hydrogen-bond acceptors (Lipinski definition) is 3. The lowest BCUT2D eigenvalue weighted by molar-refractivity contribution is -0.136. The standard InChI is InChI=1S/C15H20N2O2S/c1-20-10-9-13-15(19)16-12(14(18)17-13)8-7-11-5-3-2-4-6-11/h2-6,12-13H,7-10H2,1H3,(H,16,19)(H,17,18). The summed E-state index contributed by atoms with van der Waals surface area (Å²) in [6.45, 7) is 0. The van der Waals surface area contributed by atoms with Gasteiger partial charge < -0.3 is 10.6 Å². The Morgan fingerprint density at radius 2 is 1.60 bits per heavy atom. The molecule has 20 heavy (non-hydrogen) atoms. The highest BCUT2D eigenvalue weighted by atomic mass is 32.2. The van der Waals surface area contributed by atoms with E-state index in [1.165, 1.54) is 5.56 Å². The van der Waals surface area contributed by atoms with Gasteiger partial charge in [0.25, 0.3) is 0 Å². The van der Waals surface area contributed by atoms with Crippen LogP contribution in [-0.2, 0) is 16.0 Å². The number of benzene rings is 1. The minimum atomic E-state index is -0.409. The summed E-state index contributed by atoms with van der Waals surface area (Å²) in [6, 6.07) is 9.21. The number of nitrogens with one attached hydrogen (secondary N) is 2. The molecule has 4 nitrogen and oxygen atoms in total. The van der Waals surface area contributed by atoms with E-state index in [9.17, 15) is 9.59 Å². The molecule has 0 radical (unpaired) electrons. The van der Waals surface area contributed by atoms with Crippen molar-refractivity contribution in [3.63, 3.8) is 0 Å². The van der Waals surface area contributed by atoms with Gasteiger partial charge in [0.1, 0.15) is 12.1 Å². The van der Waals surface area contributed by atoms with Crippen molar-refractivity contribution in [2.75, 3.05) is 12.0 Å². The van der Waals surface area contributed by atoms with Crippen LogP contribution >= 0.6 is 11.8 Å². The first-order valence-electron chi connectivity index (χ1n) is 6.84. The van der Waals surface area contributed by atoms with E-state index in [0.29, 0.717) is 12.8 Å². The molecule has 1 aliphatic rings. The third-order valence-electron chi connectivity index (χ3n) is 3.44. The Morgan fingerprint density at radius 3 is 2.20 bits per heavy atom. The minimum absolute atomic E-state index is 0.0586. The van der Waals surface area contributed by atoms with E-state index < -0.39 is 6.04 Å². The number of aryl methyl sites for hydroxylation is 1. The van der Waals surface area contributed by atoms with E-state index in [-0.39, 0.29) is 17.9 Å². The molecule has 1 aliphatic heterocycles. The minimum Gasteiger partial charge on any atom is -0.343 e. The van der Waals surface area contributed by atoms with Crippen LogP contribution in [0.5, 0.6) is 0 Å². The van der Waals surface area contributed by atoms with Crippen LogP contribution in [0.1, 0.15) is 18.4 Å². The van der Waals surface area contributed by atoms with Crippen molar-refractivity contribution in [1.82, 2.24) is 10.6 Å². The summed E-state index contributed by atoms with van der Waals surface area (Å²) in [5, 5.41) is 5.66. The summed E-state index contributed by atoms with van der Waals surface area (Å²) in [5.41, 5.74) is 1.18. The van der Waals surface area contributed by atoms with Gasteiger partial charge in [0, 0.05) is 0 Å². The first kappa shape index (κ1) is 14.9.